The Morgan fingerprint density at radius 1 is 1.27 bits per heavy atom. The Morgan fingerprint density at radius 3 is 2.73 bits per heavy atom. The Hall–Kier alpha value is -2.24. The largest absolute Gasteiger partial charge is 0.469 e. The van der Waals surface area contributed by atoms with Gasteiger partial charge < -0.3 is 19.9 Å². The molecule has 6 nitrogen and oxygen atoms in total. The summed E-state index contributed by atoms with van der Waals surface area (Å²) in [6.07, 6.45) is 1.18. The molecule has 2 aliphatic rings. The van der Waals surface area contributed by atoms with E-state index in [0.717, 1.165) is 32.1 Å². The van der Waals surface area contributed by atoms with Crippen molar-refractivity contribution in [1.82, 2.24) is 10.2 Å². The summed E-state index contributed by atoms with van der Waals surface area (Å²) in [5, 5.41) is 3.52. The van der Waals surface area contributed by atoms with E-state index in [1.807, 2.05) is 7.05 Å². The predicted molar refractivity (Wildman–Crippen MR) is 104 cm³/mol. The first-order chi connectivity index (χ1) is 12.6. The summed E-state index contributed by atoms with van der Waals surface area (Å²) in [4.78, 5) is 21.0. The topological polar surface area (TPSA) is 57.2 Å². The molecule has 2 aliphatic heterocycles. The number of hydrogen-bond donors (Lipinski definition) is 1. The van der Waals surface area contributed by atoms with Crippen molar-refractivity contribution in [2.24, 2.45) is 22.7 Å². The highest BCUT2D eigenvalue weighted by Gasteiger charge is 2.37. The van der Waals surface area contributed by atoms with Gasteiger partial charge in [0, 0.05) is 45.5 Å². The fourth-order valence-electron chi connectivity index (χ4n) is 4.04. The van der Waals surface area contributed by atoms with Crippen LogP contribution in [0.1, 0.15) is 13.3 Å². The van der Waals surface area contributed by atoms with E-state index in [2.05, 4.69) is 57.4 Å². The van der Waals surface area contributed by atoms with Crippen molar-refractivity contribution in [3.05, 3.63) is 30.3 Å². The summed E-state index contributed by atoms with van der Waals surface area (Å²) in [7, 11) is 3.27. The van der Waals surface area contributed by atoms with E-state index in [9.17, 15) is 4.79 Å². The van der Waals surface area contributed by atoms with Crippen molar-refractivity contribution in [3.63, 3.8) is 0 Å². The minimum absolute atomic E-state index is 0.0707. The summed E-state index contributed by atoms with van der Waals surface area (Å²) in [5.41, 5.74) is 1.30. The molecule has 0 spiro atoms. The molecule has 2 saturated heterocycles. The first-order valence-corrected chi connectivity index (χ1v) is 9.45. The zero-order chi connectivity index (χ0) is 18.5. The molecule has 1 aromatic rings. The highest BCUT2D eigenvalue weighted by Crippen LogP contribution is 2.25. The average molecular weight is 358 g/mol. The minimum Gasteiger partial charge on any atom is -0.469 e. The molecule has 6 heteroatoms. The van der Waals surface area contributed by atoms with Crippen LogP contribution < -0.4 is 10.2 Å². The molecule has 3 atom stereocenters. The number of hydrogen-bond acceptors (Lipinski definition) is 4. The lowest BCUT2D eigenvalue weighted by Crippen LogP contribution is -2.42. The smallest absolute Gasteiger partial charge is 0.310 e. The van der Waals surface area contributed by atoms with Gasteiger partial charge in [-0.1, -0.05) is 25.1 Å². The van der Waals surface area contributed by atoms with Crippen molar-refractivity contribution in [1.29, 1.82) is 0 Å². The Labute approximate surface area is 156 Å². The third kappa shape index (κ3) is 4.11. The number of nitrogens with zero attached hydrogens (tertiary/aromatic N) is 3. The summed E-state index contributed by atoms with van der Waals surface area (Å²) < 4.78 is 4.93. The zero-order valence-corrected chi connectivity index (χ0v) is 16.0. The number of carbonyl (C=O) groups excluding carboxylic acids is 1. The molecule has 0 bridgehead atoms. The highest BCUT2D eigenvalue weighted by molar-refractivity contribution is 5.82. The monoisotopic (exact) mass is 358 g/mol. The second-order valence-corrected chi connectivity index (χ2v) is 7.38. The lowest BCUT2D eigenvalue weighted by atomic mass is 9.99. The van der Waals surface area contributed by atoms with Crippen LogP contribution in [0.25, 0.3) is 0 Å². The van der Waals surface area contributed by atoms with Crippen molar-refractivity contribution in [2.45, 2.75) is 13.3 Å². The number of para-hydroxylation sites is 1. The van der Waals surface area contributed by atoms with Crippen molar-refractivity contribution >= 4 is 17.6 Å². The summed E-state index contributed by atoms with van der Waals surface area (Å²) in [5.74, 6) is 1.58. The third-order valence-corrected chi connectivity index (χ3v) is 5.58. The summed E-state index contributed by atoms with van der Waals surface area (Å²) >= 11 is 0. The predicted octanol–water partition coefficient (Wildman–Crippen LogP) is 1.83. The number of nitrogens with one attached hydrogen (secondary N) is 1. The molecule has 0 aromatic heterocycles. The number of esters is 1. The van der Waals surface area contributed by atoms with Crippen molar-refractivity contribution < 1.29 is 9.53 Å². The number of benzene rings is 1. The molecule has 26 heavy (non-hydrogen) atoms. The summed E-state index contributed by atoms with van der Waals surface area (Å²) in [6.45, 7) is 6.68. The summed E-state index contributed by atoms with van der Waals surface area (Å²) in [6, 6.07) is 10.6. The number of guanidine groups is 1. The zero-order valence-electron chi connectivity index (χ0n) is 16.0. The van der Waals surface area contributed by atoms with Gasteiger partial charge in [0.05, 0.1) is 13.0 Å². The second-order valence-electron chi connectivity index (χ2n) is 7.38. The van der Waals surface area contributed by atoms with Crippen LogP contribution in [0.4, 0.5) is 5.69 Å². The number of ether oxygens (including phenoxy) is 1. The standard InChI is InChI=1S/C20H30N4O2/c1-15-12-24(14-18(15)19(25)26-3)20(21-2)22-11-16-9-10-23(13-16)17-7-5-4-6-8-17/h4-8,15-16,18H,9-14H2,1-3H3,(H,21,22). The van der Waals surface area contributed by atoms with Gasteiger partial charge in [-0.3, -0.25) is 9.79 Å². The minimum atomic E-state index is -0.121. The molecule has 0 aliphatic carbocycles. The van der Waals surface area contributed by atoms with Crippen LogP contribution in [0.2, 0.25) is 0 Å². The maximum atomic E-state index is 11.9. The molecule has 0 radical (unpaired) electrons. The van der Waals surface area contributed by atoms with Gasteiger partial charge >= 0.3 is 5.97 Å². The Morgan fingerprint density at radius 2 is 2.04 bits per heavy atom. The maximum absolute atomic E-state index is 11.9. The molecule has 1 aromatic carbocycles. The Bertz CT molecular complexity index is 634. The van der Waals surface area contributed by atoms with Gasteiger partial charge in [-0.15, -0.1) is 0 Å². The van der Waals surface area contributed by atoms with E-state index in [4.69, 9.17) is 4.74 Å². The number of methoxy groups -OCH3 is 1. The van der Waals surface area contributed by atoms with Gasteiger partial charge in [-0.05, 0) is 30.4 Å². The van der Waals surface area contributed by atoms with E-state index >= 15 is 0 Å². The van der Waals surface area contributed by atoms with Crippen LogP contribution in [0.15, 0.2) is 35.3 Å². The fraction of sp³-hybridized carbons (Fsp3) is 0.600. The van der Waals surface area contributed by atoms with Crippen LogP contribution in [0.5, 0.6) is 0 Å². The lowest BCUT2D eigenvalue weighted by Gasteiger charge is -2.23. The number of aliphatic imine (C=N–C) groups is 1. The number of anilines is 1. The molecule has 3 rings (SSSR count). The van der Waals surface area contributed by atoms with Crippen LogP contribution in [-0.4, -0.2) is 63.7 Å². The third-order valence-electron chi connectivity index (χ3n) is 5.58. The first kappa shape index (κ1) is 18.5. The van der Waals surface area contributed by atoms with Crippen LogP contribution >= 0.6 is 0 Å². The fourth-order valence-corrected chi connectivity index (χ4v) is 4.04. The normalized spacial score (nSPS) is 26.3. The van der Waals surface area contributed by atoms with E-state index in [1.54, 1.807) is 0 Å². The maximum Gasteiger partial charge on any atom is 0.310 e. The lowest BCUT2D eigenvalue weighted by molar-refractivity contribution is -0.145. The van der Waals surface area contributed by atoms with Gasteiger partial charge in [-0.25, -0.2) is 0 Å². The molecular weight excluding hydrogens is 328 g/mol. The average Bonchev–Trinajstić information content (AvgIpc) is 3.29. The van der Waals surface area contributed by atoms with Crippen LogP contribution in [0.3, 0.4) is 0 Å². The quantitative estimate of drug-likeness (QED) is 0.506. The number of carbonyl (C=O) groups is 1. The molecule has 3 unspecified atom stereocenters. The molecule has 0 saturated carbocycles. The van der Waals surface area contributed by atoms with E-state index in [0.29, 0.717) is 12.5 Å². The Kier molecular flexibility index (Phi) is 6.01. The second kappa shape index (κ2) is 8.43. The van der Waals surface area contributed by atoms with Crippen molar-refractivity contribution in [2.75, 3.05) is 51.8 Å². The van der Waals surface area contributed by atoms with Crippen LogP contribution in [0, 0.1) is 17.8 Å². The van der Waals surface area contributed by atoms with Gasteiger partial charge in [0.2, 0.25) is 0 Å². The number of rotatable bonds is 4. The highest BCUT2D eigenvalue weighted by atomic mass is 16.5. The van der Waals surface area contributed by atoms with Gasteiger partial charge in [-0.2, -0.15) is 0 Å². The molecule has 1 N–H and O–H groups in total. The Balaban J connectivity index is 1.50. The molecule has 2 heterocycles. The van der Waals surface area contributed by atoms with Crippen LogP contribution in [-0.2, 0) is 9.53 Å². The van der Waals surface area contributed by atoms with Gasteiger partial charge in [0.25, 0.3) is 0 Å². The first-order valence-electron chi connectivity index (χ1n) is 9.45. The van der Waals surface area contributed by atoms with E-state index in [-0.39, 0.29) is 17.8 Å². The van der Waals surface area contributed by atoms with Gasteiger partial charge in [0.15, 0.2) is 5.96 Å². The van der Waals surface area contributed by atoms with Gasteiger partial charge in [0.1, 0.15) is 0 Å². The number of likely N-dealkylation sites (tertiary alicyclic amines) is 1. The molecule has 142 valence electrons. The van der Waals surface area contributed by atoms with E-state index < -0.39 is 0 Å². The molecular formula is C20H30N4O2. The molecule has 0 amide bonds. The van der Waals surface area contributed by atoms with E-state index in [1.165, 1.54) is 19.2 Å². The SMILES string of the molecule is CN=C(NCC1CCN(c2ccccc2)C1)N1CC(C)C(C(=O)OC)C1. The molecule has 2 fully saturated rings. The van der Waals surface area contributed by atoms with Crippen molar-refractivity contribution in [3.8, 4) is 0 Å².